The Morgan fingerprint density at radius 2 is 2.18 bits per heavy atom. The zero-order chi connectivity index (χ0) is 12.8. The minimum atomic E-state index is -0.872. The summed E-state index contributed by atoms with van der Waals surface area (Å²) >= 11 is 1.61. The number of hydrogen-bond donors (Lipinski definition) is 1. The van der Waals surface area contributed by atoms with Crippen molar-refractivity contribution in [3.63, 3.8) is 0 Å². The van der Waals surface area contributed by atoms with Crippen LogP contribution in [0.2, 0.25) is 0 Å². The first kappa shape index (κ1) is 14.1. The van der Waals surface area contributed by atoms with Crippen molar-refractivity contribution in [1.82, 2.24) is 0 Å². The van der Waals surface area contributed by atoms with E-state index in [9.17, 15) is 4.79 Å². The summed E-state index contributed by atoms with van der Waals surface area (Å²) in [5.41, 5.74) is 1.17. The molecule has 0 saturated carbocycles. The number of carboxylic acids is 1. The predicted octanol–water partition coefficient (Wildman–Crippen LogP) is 3.21. The first-order valence-electron chi connectivity index (χ1n) is 5.59. The number of benzene rings is 1. The van der Waals surface area contributed by atoms with Gasteiger partial charge in [-0.1, -0.05) is 6.07 Å². The highest BCUT2D eigenvalue weighted by molar-refractivity contribution is 7.99. The van der Waals surface area contributed by atoms with E-state index in [4.69, 9.17) is 9.84 Å². The van der Waals surface area contributed by atoms with Crippen LogP contribution in [0.3, 0.4) is 0 Å². The average Bonchev–Trinajstić information content (AvgIpc) is 2.25. The summed E-state index contributed by atoms with van der Waals surface area (Å²) in [6, 6.07) is 5.51. The maximum atomic E-state index is 11.0. The number of ether oxygens (including phenoxy) is 1. The second kappa shape index (κ2) is 6.67. The minimum Gasteiger partial charge on any atom is -0.478 e. The van der Waals surface area contributed by atoms with Gasteiger partial charge in [-0.05, 0) is 38.5 Å². The van der Waals surface area contributed by atoms with Gasteiger partial charge in [-0.25, -0.2) is 4.79 Å². The Labute approximate surface area is 106 Å². The average molecular weight is 254 g/mol. The largest absolute Gasteiger partial charge is 0.478 e. The molecule has 0 bridgehead atoms. The van der Waals surface area contributed by atoms with Crippen LogP contribution < -0.4 is 0 Å². The zero-order valence-electron chi connectivity index (χ0n) is 10.4. The third kappa shape index (κ3) is 4.79. The van der Waals surface area contributed by atoms with Gasteiger partial charge in [0.15, 0.2) is 0 Å². The van der Waals surface area contributed by atoms with Crippen LogP contribution in [0.1, 0.15) is 29.8 Å². The number of carboxylic acid groups (broad SMARTS) is 1. The molecule has 0 aliphatic carbocycles. The van der Waals surface area contributed by atoms with Gasteiger partial charge in [-0.15, -0.1) is 11.8 Å². The van der Waals surface area contributed by atoms with E-state index in [0.29, 0.717) is 12.2 Å². The van der Waals surface area contributed by atoms with Crippen molar-refractivity contribution in [2.24, 2.45) is 0 Å². The Hall–Kier alpha value is -1.00. The van der Waals surface area contributed by atoms with E-state index in [1.54, 1.807) is 24.8 Å². The van der Waals surface area contributed by atoms with Crippen LogP contribution in [0.15, 0.2) is 23.1 Å². The second-order valence-electron chi connectivity index (χ2n) is 4.05. The van der Waals surface area contributed by atoms with Crippen molar-refractivity contribution >= 4 is 17.7 Å². The molecule has 1 aromatic carbocycles. The van der Waals surface area contributed by atoms with E-state index in [2.05, 4.69) is 0 Å². The molecule has 0 radical (unpaired) electrons. The van der Waals surface area contributed by atoms with Gasteiger partial charge < -0.3 is 9.84 Å². The molecule has 0 atom stereocenters. The van der Waals surface area contributed by atoms with E-state index in [1.807, 2.05) is 26.0 Å². The summed E-state index contributed by atoms with van der Waals surface area (Å²) < 4.78 is 5.43. The summed E-state index contributed by atoms with van der Waals surface area (Å²) in [4.78, 5) is 11.9. The zero-order valence-corrected chi connectivity index (χ0v) is 11.2. The Morgan fingerprint density at radius 3 is 2.76 bits per heavy atom. The van der Waals surface area contributed by atoms with Crippen molar-refractivity contribution in [3.05, 3.63) is 29.3 Å². The van der Waals surface area contributed by atoms with Crippen LogP contribution in [0.5, 0.6) is 0 Å². The van der Waals surface area contributed by atoms with Crippen molar-refractivity contribution < 1.29 is 14.6 Å². The van der Waals surface area contributed by atoms with Crippen LogP contribution in [-0.4, -0.2) is 29.5 Å². The maximum absolute atomic E-state index is 11.0. The molecular weight excluding hydrogens is 236 g/mol. The Bertz CT molecular complexity index is 388. The number of thioether (sulfide) groups is 1. The van der Waals surface area contributed by atoms with Gasteiger partial charge in [-0.2, -0.15) is 0 Å². The standard InChI is InChI=1S/C13H18O3S/c1-9(2)16-6-7-17-11-5-4-10(3)12(8-11)13(14)15/h4-5,8-9H,6-7H2,1-3H3,(H,14,15). The first-order valence-corrected chi connectivity index (χ1v) is 6.57. The highest BCUT2D eigenvalue weighted by atomic mass is 32.2. The third-order valence-corrected chi connectivity index (χ3v) is 3.20. The molecule has 1 N–H and O–H groups in total. The van der Waals surface area contributed by atoms with Crippen molar-refractivity contribution in [2.45, 2.75) is 31.8 Å². The fourth-order valence-electron chi connectivity index (χ4n) is 1.36. The molecule has 94 valence electrons. The summed E-state index contributed by atoms with van der Waals surface area (Å²) in [6.45, 7) is 6.48. The molecule has 0 saturated heterocycles. The van der Waals surface area contributed by atoms with Gasteiger partial charge >= 0.3 is 5.97 Å². The van der Waals surface area contributed by atoms with Gasteiger partial charge in [0.2, 0.25) is 0 Å². The second-order valence-corrected chi connectivity index (χ2v) is 5.22. The molecule has 0 amide bonds. The van der Waals surface area contributed by atoms with Gasteiger partial charge in [0.25, 0.3) is 0 Å². The highest BCUT2D eigenvalue weighted by Crippen LogP contribution is 2.21. The van der Waals surface area contributed by atoms with Crippen LogP contribution >= 0.6 is 11.8 Å². The fraction of sp³-hybridized carbons (Fsp3) is 0.462. The van der Waals surface area contributed by atoms with E-state index in [0.717, 1.165) is 16.2 Å². The van der Waals surface area contributed by atoms with Crippen molar-refractivity contribution in [2.75, 3.05) is 12.4 Å². The van der Waals surface area contributed by atoms with Crippen molar-refractivity contribution in [1.29, 1.82) is 0 Å². The minimum absolute atomic E-state index is 0.239. The summed E-state index contributed by atoms with van der Waals surface area (Å²) in [6.07, 6.45) is 0.239. The molecular formula is C13H18O3S. The topological polar surface area (TPSA) is 46.5 Å². The Balaban J connectivity index is 2.54. The number of aromatic carboxylic acids is 1. The number of rotatable bonds is 6. The summed E-state index contributed by atoms with van der Waals surface area (Å²) in [7, 11) is 0. The van der Waals surface area contributed by atoms with Crippen LogP contribution in [0, 0.1) is 6.92 Å². The normalized spacial score (nSPS) is 10.8. The van der Waals surface area contributed by atoms with Crippen LogP contribution in [0.25, 0.3) is 0 Å². The predicted molar refractivity (Wildman–Crippen MR) is 70.0 cm³/mol. The molecule has 1 rings (SSSR count). The highest BCUT2D eigenvalue weighted by Gasteiger charge is 2.07. The van der Waals surface area contributed by atoms with E-state index in [-0.39, 0.29) is 6.10 Å². The Morgan fingerprint density at radius 1 is 1.47 bits per heavy atom. The monoisotopic (exact) mass is 254 g/mol. The van der Waals surface area contributed by atoms with Crippen molar-refractivity contribution in [3.8, 4) is 0 Å². The Kier molecular flexibility index (Phi) is 5.51. The summed E-state index contributed by atoms with van der Waals surface area (Å²) in [5, 5.41) is 9.00. The van der Waals surface area contributed by atoms with Crippen LogP contribution in [-0.2, 0) is 4.74 Å². The lowest BCUT2D eigenvalue weighted by molar-refractivity contribution is 0.0696. The van der Waals surface area contributed by atoms with E-state index in [1.165, 1.54) is 0 Å². The third-order valence-electron chi connectivity index (χ3n) is 2.24. The molecule has 1 aromatic rings. The molecule has 3 nitrogen and oxygen atoms in total. The molecule has 0 aliphatic heterocycles. The smallest absolute Gasteiger partial charge is 0.335 e. The lowest BCUT2D eigenvalue weighted by atomic mass is 10.1. The molecule has 17 heavy (non-hydrogen) atoms. The molecule has 0 aliphatic rings. The molecule has 0 fully saturated rings. The lowest BCUT2D eigenvalue weighted by Gasteiger charge is -2.08. The molecule has 0 spiro atoms. The summed E-state index contributed by atoms with van der Waals surface area (Å²) in [5.74, 6) is -0.0382. The number of aryl methyl sites for hydroxylation is 1. The van der Waals surface area contributed by atoms with Gasteiger partial charge in [0.1, 0.15) is 0 Å². The molecule has 0 heterocycles. The van der Waals surface area contributed by atoms with Gasteiger partial charge in [0.05, 0.1) is 18.3 Å². The van der Waals surface area contributed by atoms with E-state index < -0.39 is 5.97 Å². The molecule has 0 unspecified atom stereocenters. The molecule has 4 heteroatoms. The molecule has 0 aromatic heterocycles. The number of hydrogen-bond acceptors (Lipinski definition) is 3. The SMILES string of the molecule is Cc1ccc(SCCOC(C)C)cc1C(=O)O. The first-order chi connectivity index (χ1) is 8.00. The van der Waals surface area contributed by atoms with Gasteiger partial charge in [-0.3, -0.25) is 0 Å². The quantitative estimate of drug-likeness (QED) is 0.625. The fourth-order valence-corrected chi connectivity index (χ4v) is 2.15. The number of carbonyl (C=O) groups is 1. The van der Waals surface area contributed by atoms with Gasteiger partial charge in [0, 0.05) is 10.6 Å². The maximum Gasteiger partial charge on any atom is 0.335 e. The van der Waals surface area contributed by atoms with E-state index >= 15 is 0 Å². The lowest BCUT2D eigenvalue weighted by Crippen LogP contribution is -2.05. The van der Waals surface area contributed by atoms with Crippen LogP contribution in [0.4, 0.5) is 0 Å².